The van der Waals surface area contributed by atoms with Crippen LogP contribution < -0.4 is 4.90 Å². The van der Waals surface area contributed by atoms with E-state index in [1.807, 2.05) is 0 Å². The molecule has 0 N–H and O–H groups in total. The van der Waals surface area contributed by atoms with E-state index >= 15 is 0 Å². The molecule has 2 aliphatic rings. The highest BCUT2D eigenvalue weighted by molar-refractivity contribution is 5.96. The van der Waals surface area contributed by atoms with E-state index in [-0.39, 0.29) is 0 Å². The lowest BCUT2D eigenvalue weighted by molar-refractivity contribution is 0.753. The average Bonchev–Trinajstić information content (AvgIpc) is 3.39. The summed E-state index contributed by atoms with van der Waals surface area (Å²) in [6.45, 7) is 2.18. The molecule has 0 atom stereocenters. The highest BCUT2D eigenvalue weighted by Crippen LogP contribution is 2.63. The molecule has 0 fully saturated rings. The summed E-state index contributed by atoms with van der Waals surface area (Å²) in [6.07, 6.45) is 0. The third-order valence-corrected chi connectivity index (χ3v) is 9.83. The molecule has 7 aromatic rings. The minimum absolute atomic E-state index is 0.443. The standard InChI is InChI=1S/C44H31N/c1-30-13-5-6-16-35(30)32-25-23-31(24-26-32)33-27-28-37-36-17-7-8-18-38(36)44(41(37)29-33)39-19-9-11-21-42(39)45(34-14-3-2-4-15-34)43-22-12-10-20-40(43)44/h2-29H,1H3. The van der Waals surface area contributed by atoms with E-state index in [0.717, 1.165) is 0 Å². The summed E-state index contributed by atoms with van der Waals surface area (Å²) >= 11 is 0. The molecule has 0 saturated heterocycles. The number of rotatable bonds is 3. The average molecular weight is 574 g/mol. The molecule has 0 radical (unpaired) electrons. The fourth-order valence-corrected chi connectivity index (χ4v) is 7.88. The van der Waals surface area contributed by atoms with Crippen molar-refractivity contribution in [3.63, 3.8) is 0 Å². The Hall–Kier alpha value is -5.66. The molecular formula is C44H31N. The summed E-state index contributed by atoms with van der Waals surface area (Å²) in [5, 5.41) is 0. The molecule has 0 aromatic heterocycles. The molecule has 1 heteroatoms. The van der Waals surface area contributed by atoms with Crippen LogP contribution in [0, 0.1) is 6.92 Å². The van der Waals surface area contributed by atoms with Gasteiger partial charge in [0.1, 0.15) is 0 Å². The molecule has 0 bridgehead atoms. The fourth-order valence-electron chi connectivity index (χ4n) is 7.88. The van der Waals surface area contributed by atoms with Gasteiger partial charge in [-0.1, -0.05) is 140 Å². The van der Waals surface area contributed by atoms with Crippen LogP contribution in [0.5, 0.6) is 0 Å². The van der Waals surface area contributed by atoms with E-state index < -0.39 is 5.41 Å². The Balaban J connectivity index is 1.29. The Bertz CT molecular complexity index is 2180. The first-order valence-corrected chi connectivity index (χ1v) is 15.7. The molecule has 45 heavy (non-hydrogen) atoms. The van der Waals surface area contributed by atoms with Crippen LogP contribution in [0.4, 0.5) is 17.1 Å². The van der Waals surface area contributed by atoms with Crippen LogP contribution in [-0.2, 0) is 5.41 Å². The van der Waals surface area contributed by atoms with Gasteiger partial charge in [0, 0.05) is 5.69 Å². The van der Waals surface area contributed by atoms with Gasteiger partial charge in [-0.15, -0.1) is 0 Å². The molecule has 1 heterocycles. The molecule has 9 rings (SSSR count). The van der Waals surface area contributed by atoms with Gasteiger partial charge in [0.05, 0.1) is 16.8 Å². The Kier molecular flexibility index (Phi) is 5.70. The van der Waals surface area contributed by atoms with Crippen molar-refractivity contribution in [1.29, 1.82) is 0 Å². The first kappa shape index (κ1) is 25.8. The van der Waals surface area contributed by atoms with Gasteiger partial charge < -0.3 is 4.90 Å². The molecule has 1 aliphatic carbocycles. The molecule has 212 valence electrons. The zero-order chi connectivity index (χ0) is 30.0. The predicted octanol–water partition coefficient (Wildman–Crippen LogP) is 11.5. The summed E-state index contributed by atoms with van der Waals surface area (Å²) < 4.78 is 0. The molecule has 1 aliphatic heterocycles. The molecule has 0 amide bonds. The smallest absolute Gasteiger partial charge is 0.0754 e. The molecule has 7 aromatic carbocycles. The molecule has 1 spiro atoms. The van der Waals surface area contributed by atoms with Crippen molar-refractivity contribution in [2.75, 3.05) is 4.90 Å². The third-order valence-electron chi connectivity index (χ3n) is 9.83. The first-order chi connectivity index (χ1) is 22.2. The van der Waals surface area contributed by atoms with E-state index in [0.29, 0.717) is 0 Å². The quantitative estimate of drug-likeness (QED) is 0.203. The number of fused-ring (bicyclic) bond motifs is 9. The SMILES string of the molecule is Cc1ccccc1-c1ccc(-c2ccc3c(c2)C2(c4ccccc4-3)c3ccccc3N(c3ccccc3)c3ccccc32)cc1. The van der Waals surface area contributed by atoms with Gasteiger partial charge in [0.2, 0.25) is 0 Å². The minimum Gasteiger partial charge on any atom is -0.310 e. The number of hydrogen-bond acceptors (Lipinski definition) is 1. The van der Waals surface area contributed by atoms with Gasteiger partial charge in [-0.25, -0.2) is 0 Å². The lowest BCUT2D eigenvalue weighted by Crippen LogP contribution is -2.36. The van der Waals surface area contributed by atoms with E-state index in [2.05, 4.69) is 182 Å². The zero-order valence-corrected chi connectivity index (χ0v) is 25.1. The summed E-state index contributed by atoms with van der Waals surface area (Å²) in [5.41, 5.74) is 17.4. The maximum absolute atomic E-state index is 2.46. The maximum atomic E-state index is 2.46. The van der Waals surface area contributed by atoms with Crippen molar-refractivity contribution in [3.8, 4) is 33.4 Å². The number of benzene rings is 7. The van der Waals surface area contributed by atoms with Crippen LogP contribution in [0.15, 0.2) is 170 Å². The number of para-hydroxylation sites is 3. The van der Waals surface area contributed by atoms with Crippen LogP contribution in [0.3, 0.4) is 0 Å². The van der Waals surface area contributed by atoms with Crippen LogP contribution >= 0.6 is 0 Å². The summed E-state index contributed by atoms with van der Waals surface area (Å²) in [6, 6.07) is 62.6. The zero-order valence-electron chi connectivity index (χ0n) is 25.1. The topological polar surface area (TPSA) is 3.24 Å². The van der Waals surface area contributed by atoms with Gasteiger partial charge in [-0.3, -0.25) is 0 Å². The van der Waals surface area contributed by atoms with Crippen molar-refractivity contribution < 1.29 is 0 Å². The normalized spacial score (nSPS) is 13.6. The second-order valence-corrected chi connectivity index (χ2v) is 12.2. The number of anilines is 3. The van der Waals surface area contributed by atoms with Crippen molar-refractivity contribution in [3.05, 3.63) is 198 Å². The van der Waals surface area contributed by atoms with Gasteiger partial charge in [0.15, 0.2) is 0 Å². The summed E-state index contributed by atoms with van der Waals surface area (Å²) in [7, 11) is 0. The van der Waals surface area contributed by atoms with Gasteiger partial charge in [0.25, 0.3) is 0 Å². The predicted molar refractivity (Wildman–Crippen MR) is 188 cm³/mol. The third kappa shape index (κ3) is 3.68. The summed E-state index contributed by atoms with van der Waals surface area (Å²) in [4.78, 5) is 2.44. The molecule has 0 saturated carbocycles. The lowest BCUT2D eigenvalue weighted by atomic mass is 9.64. The molecular weight excluding hydrogens is 542 g/mol. The monoisotopic (exact) mass is 573 g/mol. The van der Waals surface area contributed by atoms with Gasteiger partial charge in [-0.05, 0) is 98.5 Å². The first-order valence-electron chi connectivity index (χ1n) is 15.7. The lowest BCUT2D eigenvalue weighted by Gasteiger charge is -2.45. The Morgan fingerprint density at radius 3 is 1.58 bits per heavy atom. The van der Waals surface area contributed by atoms with E-state index in [1.54, 1.807) is 0 Å². The van der Waals surface area contributed by atoms with Crippen molar-refractivity contribution >= 4 is 17.1 Å². The van der Waals surface area contributed by atoms with Crippen molar-refractivity contribution in [2.45, 2.75) is 12.3 Å². The van der Waals surface area contributed by atoms with Gasteiger partial charge >= 0.3 is 0 Å². The van der Waals surface area contributed by atoms with Gasteiger partial charge in [-0.2, -0.15) is 0 Å². The highest BCUT2D eigenvalue weighted by Gasteiger charge is 2.51. The van der Waals surface area contributed by atoms with Crippen LogP contribution in [0.1, 0.15) is 27.8 Å². The van der Waals surface area contributed by atoms with E-state index in [4.69, 9.17) is 0 Å². The van der Waals surface area contributed by atoms with Crippen LogP contribution in [-0.4, -0.2) is 0 Å². The second-order valence-electron chi connectivity index (χ2n) is 12.2. The molecule has 1 nitrogen and oxygen atoms in total. The van der Waals surface area contributed by atoms with Crippen molar-refractivity contribution in [2.24, 2.45) is 0 Å². The van der Waals surface area contributed by atoms with E-state index in [1.165, 1.54) is 78.3 Å². The number of nitrogens with zero attached hydrogens (tertiary/aromatic N) is 1. The number of hydrogen-bond donors (Lipinski definition) is 0. The van der Waals surface area contributed by atoms with Crippen LogP contribution in [0.2, 0.25) is 0 Å². The van der Waals surface area contributed by atoms with E-state index in [9.17, 15) is 0 Å². The largest absolute Gasteiger partial charge is 0.310 e. The Morgan fingerprint density at radius 2 is 0.889 bits per heavy atom. The summed E-state index contributed by atoms with van der Waals surface area (Å²) in [5.74, 6) is 0. The van der Waals surface area contributed by atoms with Crippen LogP contribution in [0.25, 0.3) is 33.4 Å². The van der Waals surface area contributed by atoms with Crippen molar-refractivity contribution in [1.82, 2.24) is 0 Å². The maximum Gasteiger partial charge on any atom is 0.0754 e. The highest BCUT2D eigenvalue weighted by atomic mass is 15.2. The fraction of sp³-hybridized carbons (Fsp3) is 0.0455. The Labute approximate surface area is 264 Å². The molecule has 0 unspecified atom stereocenters. The minimum atomic E-state index is -0.443. The second kappa shape index (κ2) is 9.94. The Morgan fingerprint density at radius 1 is 0.378 bits per heavy atom. The number of aryl methyl sites for hydroxylation is 1.